The van der Waals surface area contributed by atoms with Gasteiger partial charge in [-0.15, -0.1) is 0 Å². The number of aliphatic hydroxyl groups is 2. The van der Waals surface area contributed by atoms with Gasteiger partial charge in [0.2, 0.25) is 5.91 Å². The highest BCUT2D eigenvalue weighted by molar-refractivity contribution is 5.76. The molecule has 3 N–H and O–H groups in total. The lowest BCUT2D eigenvalue weighted by atomic mass is 10.0. The molecule has 0 aromatic rings. The fourth-order valence-corrected chi connectivity index (χ4v) is 9.70. The molecular formula is C76H129NO3. The Morgan fingerprint density at radius 2 is 0.562 bits per heavy atom. The number of carbonyl (C=O) groups is 1. The average molecular weight is 1100 g/mol. The van der Waals surface area contributed by atoms with E-state index in [1.165, 1.54) is 173 Å². The van der Waals surface area contributed by atoms with E-state index in [-0.39, 0.29) is 12.5 Å². The van der Waals surface area contributed by atoms with Crippen molar-refractivity contribution in [2.45, 2.75) is 321 Å². The van der Waals surface area contributed by atoms with Gasteiger partial charge in [-0.2, -0.15) is 0 Å². The summed E-state index contributed by atoms with van der Waals surface area (Å²) >= 11 is 0. The molecule has 0 radical (unpaired) electrons. The van der Waals surface area contributed by atoms with Crippen LogP contribution in [0.1, 0.15) is 309 Å². The second-order valence-corrected chi connectivity index (χ2v) is 22.5. The number of hydrogen-bond donors (Lipinski definition) is 3. The largest absolute Gasteiger partial charge is 0.394 e. The summed E-state index contributed by atoms with van der Waals surface area (Å²) in [5.74, 6) is -0.101. The molecule has 0 saturated carbocycles. The van der Waals surface area contributed by atoms with Gasteiger partial charge in [0, 0.05) is 6.42 Å². The first-order valence-electron chi connectivity index (χ1n) is 34.0. The lowest BCUT2D eigenvalue weighted by Gasteiger charge is -2.19. The highest BCUT2D eigenvalue weighted by Crippen LogP contribution is 2.17. The molecule has 0 bridgehead atoms. The number of aliphatic hydroxyl groups excluding tert-OH is 2. The van der Waals surface area contributed by atoms with Crippen molar-refractivity contribution in [3.05, 3.63) is 146 Å². The smallest absolute Gasteiger partial charge is 0.220 e. The summed E-state index contributed by atoms with van der Waals surface area (Å²) in [5, 5.41) is 23.2. The third-order valence-electron chi connectivity index (χ3n) is 14.8. The second kappa shape index (κ2) is 69.5. The minimum Gasteiger partial charge on any atom is -0.394 e. The molecule has 4 nitrogen and oxygen atoms in total. The molecule has 0 heterocycles. The zero-order valence-electron chi connectivity index (χ0n) is 52.5. The van der Waals surface area contributed by atoms with Gasteiger partial charge in [0.1, 0.15) is 0 Å². The minimum atomic E-state index is -0.887. The van der Waals surface area contributed by atoms with Crippen molar-refractivity contribution in [2.24, 2.45) is 0 Å². The van der Waals surface area contributed by atoms with Gasteiger partial charge in [0.05, 0.1) is 18.8 Å². The molecule has 80 heavy (non-hydrogen) atoms. The van der Waals surface area contributed by atoms with Gasteiger partial charge in [-0.1, -0.05) is 339 Å². The molecule has 0 saturated heterocycles. The van der Waals surface area contributed by atoms with Crippen LogP contribution in [0.4, 0.5) is 0 Å². The number of carbonyl (C=O) groups excluding carboxylic acids is 1. The number of amides is 1. The van der Waals surface area contributed by atoms with E-state index in [2.05, 4.69) is 153 Å². The van der Waals surface area contributed by atoms with E-state index < -0.39 is 12.1 Å². The summed E-state index contributed by atoms with van der Waals surface area (Å²) in [7, 11) is 0. The van der Waals surface area contributed by atoms with Crippen molar-refractivity contribution in [1.82, 2.24) is 5.32 Å². The molecule has 0 spiro atoms. The Labute approximate surface area is 497 Å². The predicted molar refractivity (Wildman–Crippen MR) is 358 cm³/mol. The first-order chi connectivity index (χ1) is 39.7. The van der Waals surface area contributed by atoms with Gasteiger partial charge < -0.3 is 15.5 Å². The van der Waals surface area contributed by atoms with E-state index >= 15 is 0 Å². The Balaban J connectivity index is 3.63. The molecule has 0 aliphatic heterocycles. The summed E-state index contributed by atoms with van der Waals surface area (Å²) in [6, 6.07) is -0.667. The van der Waals surface area contributed by atoms with Gasteiger partial charge >= 0.3 is 0 Å². The van der Waals surface area contributed by atoms with Crippen molar-refractivity contribution < 1.29 is 15.0 Å². The molecule has 0 aromatic carbocycles. The molecule has 4 heteroatoms. The maximum atomic E-state index is 12.5. The Hall–Kier alpha value is -3.73. The fourth-order valence-electron chi connectivity index (χ4n) is 9.70. The van der Waals surface area contributed by atoms with E-state index in [0.29, 0.717) is 6.42 Å². The standard InChI is InChI=1S/C76H129NO3/c1-3-5-7-9-11-13-15-17-19-21-23-25-27-29-31-33-35-37-38-40-42-44-46-48-50-52-54-56-58-60-62-64-66-68-70-72-76(80)77-74(73-78)75(79)71-69-67-65-63-61-59-57-55-53-51-49-47-45-43-41-39-36-34-32-30-28-26-24-22-20-18-16-14-12-10-8-6-4-2/h5,7,11,13,17,19,23,25,29,31,35,37,40,42,46,48,52,54,58,60-61,63,69,71,74-75,78-79H,3-4,6,8-10,12,14-16,18,20-22,24,26-28,30,32-34,36,38-39,41,43-45,47,49-51,53,55-57,59,62,64-68,70,72-73H2,1-2H3,(H,77,80)/b7-5-,13-11-,19-17-,25-23-,31-29-,37-35-,42-40-,48-46-,54-52-,60-58-,63-61+,71-69+. The monoisotopic (exact) mass is 1100 g/mol. The second-order valence-electron chi connectivity index (χ2n) is 22.5. The van der Waals surface area contributed by atoms with Crippen LogP contribution in [0.5, 0.6) is 0 Å². The van der Waals surface area contributed by atoms with Crippen LogP contribution in [0.25, 0.3) is 0 Å². The van der Waals surface area contributed by atoms with Crippen molar-refractivity contribution in [3.8, 4) is 0 Å². The fraction of sp³-hybridized carbons (Fsp3) is 0.671. The Morgan fingerprint density at radius 1 is 0.312 bits per heavy atom. The Kier molecular flexibility index (Phi) is 66.3. The number of nitrogens with one attached hydrogen (secondary N) is 1. The summed E-state index contributed by atoms with van der Waals surface area (Å²) < 4.78 is 0. The molecule has 0 rings (SSSR count). The van der Waals surface area contributed by atoms with Crippen LogP contribution in [0.3, 0.4) is 0 Å². The maximum absolute atomic E-state index is 12.5. The number of hydrogen-bond acceptors (Lipinski definition) is 3. The quantitative estimate of drug-likeness (QED) is 0.0420. The average Bonchev–Trinajstić information content (AvgIpc) is 3.46. The van der Waals surface area contributed by atoms with Crippen molar-refractivity contribution in [2.75, 3.05) is 6.61 Å². The molecule has 0 aromatic heterocycles. The van der Waals surface area contributed by atoms with Crippen LogP contribution in [0.2, 0.25) is 0 Å². The van der Waals surface area contributed by atoms with Gasteiger partial charge in [-0.05, 0) is 109 Å². The lowest BCUT2D eigenvalue weighted by Crippen LogP contribution is -2.45. The van der Waals surface area contributed by atoms with Gasteiger partial charge in [-0.25, -0.2) is 0 Å². The van der Waals surface area contributed by atoms with Crippen LogP contribution in [0, 0.1) is 0 Å². The van der Waals surface area contributed by atoms with Gasteiger partial charge in [-0.3, -0.25) is 4.79 Å². The van der Waals surface area contributed by atoms with E-state index in [4.69, 9.17) is 0 Å². The SMILES string of the molecule is CC/C=C\C/C=C\C/C=C\C/C=C\C/C=C\C/C=C\C/C=C\C/C=C\C/C=C\C/C=C\CCCCCCC(=O)NC(CO)C(O)/C=C/CC/C=C/CCCCCCCCCCCCCCCCCCCCCCCCCCCCC. The first kappa shape index (κ1) is 76.3. The Bertz CT molecular complexity index is 1630. The third kappa shape index (κ3) is 65.1. The summed E-state index contributed by atoms with van der Waals surface area (Å²) in [6.07, 6.45) is 109. The van der Waals surface area contributed by atoms with Gasteiger partial charge in [0.15, 0.2) is 0 Å². The molecular weight excluding hydrogens is 975 g/mol. The third-order valence-corrected chi connectivity index (χ3v) is 14.8. The predicted octanol–water partition coefficient (Wildman–Crippen LogP) is 23.5. The van der Waals surface area contributed by atoms with Crippen molar-refractivity contribution in [1.29, 1.82) is 0 Å². The zero-order valence-corrected chi connectivity index (χ0v) is 52.5. The van der Waals surface area contributed by atoms with Crippen LogP contribution in [-0.4, -0.2) is 34.9 Å². The molecule has 1 amide bonds. The number of allylic oxidation sites excluding steroid dienone is 23. The molecule has 2 unspecified atom stereocenters. The topological polar surface area (TPSA) is 69.6 Å². The van der Waals surface area contributed by atoms with E-state index in [1.807, 2.05) is 6.08 Å². The van der Waals surface area contributed by atoms with Gasteiger partial charge in [0.25, 0.3) is 0 Å². The van der Waals surface area contributed by atoms with Crippen molar-refractivity contribution in [3.63, 3.8) is 0 Å². The van der Waals surface area contributed by atoms with Crippen LogP contribution in [0.15, 0.2) is 146 Å². The zero-order chi connectivity index (χ0) is 57.6. The highest BCUT2D eigenvalue weighted by Gasteiger charge is 2.18. The normalized spacial score (nSPS) is 13.7. The van der Waals surface area contributed by atoms with Crippen LogP contribution in [-0.2, 0) is 4.79 Å². The van der Waals surface area contributed by atoms with E-state index in [1.54, 1.807) is 6.08 Å². The lowest BCUT2D eigenvalue weighted by molar-refractivity contribution is -0.123. The molecule has 456 valence electrons. The maximum Gasteiger partial charge on any atom is 0.220 e. The molecule has 0 aliphatic rings. The summed E-state index contributed by atoms with van der Waals surface area (Å²) in [5.41, 5.74) is 0. The summed E-state index contributed by atoms with van der Waals surface area (Å²) in [4.78, 5) is 12.5. The highest BCUT2D eigenvalue weighted by atomic mass is 16.3. The van der Waals surface area contributed by atoms with Crippen LogP contribution >= 0.6 is 0 Å². The number of unbranched alkanes of at least 4 members (excludes halogenated alkanes) is 32. The molecule has 2 atom stereocenters. The van der Waals surface area contributed by atoms with Crippen molar-refractivity contribution >= 4 is 5.91 Å². The summed E-state index contributed by atoms with van der Waals surface area (Å²) in [6.45, 7) is 4.19. The molecule has 0 aliphatic carbocycles. The van der Waals surface area contributed by atoms with E-state index in [0.717, 1.165) is 116 Å². The first-order valence-corrected chi connectivity index (χ1v) is 34.0. The Morgan fingerprint density at radius 3 is 0.875 bits per heavy atom. The molecule has 0 fully saturated rings. The van der Waals surface area contributed by atoms with Crippen LogP contribution < -0.4 is 5.32 Å². The number of rotatable bonds is 61. The van der Waals surface area contributed by atoms with E-state index in [9.17, 15) is 15.0 Å². The minimum absolute atomic E-state index is 0.101.